The highest BCUT2D eigenvalue weighted by atomic mass is 35.5. The molecule has 0 saturated heterocycles. The quantitative estimate of drug-likeness (QED) is 0.318. The number of carbonyl (C=O) groups is 1. The first-order valence-corrected chi connectivity index (χ1v) is 12.3. The fourth-order valence-electron chi connectivity index (χ4n) is 3.61. The molecule has 9 nitrogen and oxygen atoms in total. The summed E-state index contributed by atoms with van der Waals surface area (Å²) in [5.41, 5.74) is 3.00. The van der Waals surface area contributed by atoms with Gasteiger partial charge in [-0.3, -0.25) is 14.2 Å². The summed E-state index contributed by atoms with van der Waals surface area (Å²) < 4.78 is 3.85. The second-order valence-corrected chi connectivity index (χ2v) is 9.62. The zero-order valence-electron chi connectivity index (χ0n) is 19.4. The Morgan fingerprint density at radius 1 is 1.20 bits per heavy atom. The summed E-state index contributed by atoms with van der Waals surface area (Å²) in [4.78, 5) is 27.4. The third kappa shape index (κ3) is 5.97. The zero-order valence-corrected chi connectivity index (χ0v) is 21.0. The van der Waals surface area contributed by atoms with Crippen molar-refractivity contribution in [3.05, 3.63) is 86.2 Å². The van der Waals surface area contributed by atoms with Crippen molar-refractivity contribution >= 4 is 34.5 Å². The number of amides is 1. The van der Waals surface area contributed by atoms with E-state index in [0.29, 0.717) is 14.9 Å². The van der Waals surface area contributed by atoms with Gasteiger partial charge in [-0.05, 0) is 56.4 Å². The molecular formula is C24H26ClN7O2S. The molecule has 2 N–H and O–H groups in total. The molecule has 1 aromatic carbocycles. The first-order valence-electron chi connectivity index (χ1n) is 11.1. The highest BCUT2D eigenvalue weighted by Crippen LogP contribution is 2.26. The zero-order chi connectivity index (χ0) is 24.8. The summed E-state index contributed by atoms with van der Waals surface area (Å²) in [7, 11) is 3.94. The van der Waals surface area contributed by atoms with Crippen LogP contribution in [0.3, 0.4) is 0 Å². The van der Waals surface area contributed by atoms with Gasteiger partial charge in [-0.1, -0.05) is 22.9 Å². The lowest BCUT2D eigenvalue weighted by Crippen LogP contribution is -2.24. The van der Waals surface area contributed by atoms with Crippen LogP contribution < -0.4 is 21.1 Å². The van der Waals surface area contributed by atoms with Crippen LogP contribution in [0.1, 0.15) is 21.8 Å². The molecule has 35 heavy (non-hydrogen) atoms. The van der Waals surface area contributed by atoms with Gasteiger partial charge >= 0.3 is 0 Å². The molecular weight excluding hydrogens is 486 g/mol. The molecule has 4 rings (SSSR count). The molecule has 0 fully saturated rings. The number of aromatic nitrogens is 4. The van der Waals surface area contributed by atoms with Gasteiger partial charge in [-0.2, -0.15) is 0 Å². The average Bonchev–Trinajstić information content (AvgIpc) is 3.52. The molecule has 3 heterocycles. The number of carbonyl (C=O) groups excluding carboxylic acids is 1. The van der Waals surface area contributed by atoms with Crippen molar-refractivity contribution in [2.45, 2.75) is 13.0 Å². The van der Waals surface area contributed by atoms with E-state index in [1.165, 1.54) is 17.4 Å². The Kier molecular flexibility index (Phi) is 7.96. The highest BCUT2D eigenvalue weighted by Gasteiger charge is 2.15. The molecule has 0 saturated carbocycles. The van der Waals surface area contributed by atoms with Gasteiger partial charge < -0.3 is 15.5 Å². The van der Waals surface area contributed by atoms with Gasteiger partial charge in [-0.25, -0.2) is 4.68 Å². The lowest BCUT2D eigenvalue weighted by molar-refractivity contribution is 0.0954. The second-order valence-electron chi connectivity index (χ2n) is 7.90. The van der Waals surface area contributed by atoms with Gasteiger partial charge in [0.25, 0.3) is 11.5 Å². The van der Waals surface area contributed by atoms with Crippen molar-refractivity contribution in [3.63, 3.8) is 0 Å². The fraction of sp³-hybridized carbons (Fsp3) is 0.250. The number of nitrogens with zero attached hydrogens (tertiary/aromatic N) is 5. The van der Waals surface area contributed by atoms with Crippen LogP contribution in [-0.4, -0.2) is 52.7 Å². The Bertz CT molecular complexity index is 1360. The maximum Gasteiger partial charge on any atom is 0.261 e. The Morgan fingerprint density at radius 2 is 2.06 bits per heavy atom. The maximum absolute atomic E-state index is 12.4. The van der Waals surface area contributed by atoms with E-state index in [0.717, 1.165) is 36.6 Å². The van der Waals surface area contributed by atoms with Gasteiger partial charge in [0.05, 0.1) is 39.0 Å². The fourth-order valence-corrected chi connectivity index (χ4v) is 4.57. The number of hydrogen-bond donors (Lipinski definition) is 2. The normalized spacial score (nSPS) is 10.9. The topological polar surface area (TPSA) is 97.1 Å². The second kappa shape index (κ2) is 11.3. The summed E-state index contributed by atoms with van der Waals surface area (Å²) in [6.45, 7) is 1.93. The van der Waals surface area contributed by atoms with Crippen LogP contribution in [0.15, 0.2) is 65.7 Å². The molecule has 0 aliphatic rings. The van der Waals surface area contributed by atoms with E-state index in [1.807, 2.05) is 38.4 Å². The number of benzene rings is 1. The van der Waals surface area contributed by atoms with Crippen LogP contribution in [0.5, 0.6) is 0 Å². The van der Waals surface area contributed by atoms with Crippen molar-refractivity contribution in [3.8, 4) is 11.4 Å². The van der Waals surface area contributed by atoms with E-state index in [-0.39, 0.29) is 18.0 Å². The molecule has 0 aliphatic carbocycles. The Balaban J connectivity index is 1.59. The third-order valence-electron chi connectivity index (χ3n) is 5.41. The van der Waals surface area contributed by atoms with E-state index in [9.17, 15) is 9.59 Å². The van der Waals surface area contributed by atoms with E-state index < -0.39 is 0 Å². The maximum atomic E-state index is 12.4. The van der Waals surface area contributed by atoms with Crippen molar-refractivity contribution in [2.75, 3.05) is 32.1 Å². The first-order chi connectivity index (χ1) is 17.0. The highest BCUT2D eigenvalue weighted by molar-refractivity contribution is 7.17. The number of rotatable bonds is 10. The number of thiophene rings is 1. The number of halogens is 1. The minimum Gasteiger partial charge on any atom is -0.373 e. The van der Waals surface area contributed by atoms with Gasteiger partial charge in [-0.15, -0.1) is 16.4 Å². The predicted molar refractivity (Wildman–Crippen MR) is 139 cm³/mol. The summed E-state index contributed by atoms with van der Waals surface area (Å²) in [6, 6.07) is 14.2. The molecule has 3 aromatic heterocycles. The smallest absolute Gasteiger partial charge is 0.261 e. The standard InChI is InChI=1S/C24H26ClN7O2S/c1-26-11-5-12-30(2)20-14-18(31-13-4-3-6-23(31)33)7-8-19(20)32-16-17(28-29-32)15-27-24(34)21-9-10-22(25)35-21/h3-4,6-10,13-14,16,26H,5,11-12,15H2,1-2H3,(H,27,34). The van der Waals surface area contributed by atoms with Crippen LogP contribution >= 0.6 is 22.9 Å². The largest absolute Gasteiger partial charge is 0.373 e. The van der Waals surface area contributed by atoms with Gasteiger partial charge in [0.1, 0.15) is 5.69 Å². The molecule has 11 heteroatoms. The molecule has 0 atom stereocenters. The summed E-state index contributed by atoms with van der Waals surface area (Å²) in [5, 5.41) is 14.5. The van der Waals surface area contributed by atoms with Crippen molar-refractivity contribution in [1.29, 1.82) is 0 Å². The van der Waals surface area contributed by atoms with Gasteiger partial charge in [0, 0.05) is 25.9 Å². The van der Waals surface area contributed by atoms with Crippen LogP contribution in [0.25, 0.3) is 11.4 Å². The monoisotopic (exact) mass is 511 g/mol. The number of anilines is 1. The molecule has 0 aliphatic heterocycles. The summed E-state index contributed by atoms with van der Waals surface area (Å²) in [6.07, 6.45) is 4.48. The average molecular weight is 512 g/mol. The van der Waals surface area contributed by atoms with Gasteiger partial charge in [0.2, 0.25) is 0 Å². The minimum absolute atomic E-state index is 0.102. The molecule has 0 spiro atoms. The third-order valence-corrected chi connectivity index (χ3v) is 6.64. The number of nitrogens with one attached hydrogen (secondary N) is 2. The Hall–Kier alpha value is -3.47. The molecule has 0 radical (unpaired) electrons. The SMILES string of the molecule is CNCCCN(C)c1cc(-n2ccccc2=O)ccc1-n1cc(CNC(=O)c2ccc(Cl)s2)nn1. The Labute approximate surface area is 212 Å². The molecule has 4 aromatic rings. The van der Waals surface area contributed by atoms with E-state index in [2.05, 4.69) is 25.8 Å². The van der Waals surface area contributed by atoms with Crippen molar-refractivity contribution < 1.29 is 4.79 Å². The minimum atomic E-state index is -0.209. The lowest BCUT2D eigenvalue weighted by Gasteiger charge is -2.23. The number of hydrogen-bond acceptors (Lipinski definition) is 7. The lowest BCUT2D eigenvalue weighted by atomic mass is 10.2. The molecule has 0 unspecified atom stereocenters. The van der Waals surface area contributed by atoms with Gasteiger partial charge in [0.15, 0.2) is 0 Å². The van der Waals surface area contributed by atoms with Crippen molar-refractivity contribution in [2.24, 2.45) is 0 Å². The molecule has 0 bridgehead atoms. The summed E-state index contributed by atoms with van der Waals surface area (Å²) >= 11 is 7.14. The van der Waals surface area contributed by atoms with Crippen LogP contribution in [0.2, 0.25) is 4.34 Å². The number of pyridine rings is 1. The Morgan fingerprint density at radius 3 is 2.80 bits per heavy atom. The van der Waals surface area contributed by atoms with Crippen molar-refractivity contribution in [1.82, 2.24) is 30.2 Å². The molecule has 1 amide bonds. The van der Waals surface area contributed by atoms with E-state index in [4.69, 9.17) is 11.6 Å². The predicted octanol–water partition coefficient (Wildman–Crippen LogP) is 3.11. The van der Waals surface area contributed by atoms with Crippen LogP contribution in [-0.2, 0) is 6.54 Å². The molecule has 182 valence electrons. The van der Waals surface area contributed by atoms with Crippen LogP contribution in [0, 0.1) is 0 Å². The summed E-state index contributed by atoms with van der Waals surface area (Å²) in [5.74, 6) is -0.209. The van der Waals surface area contributed by atoms with Crippen LogP contribution in [0.4, 0.5) is 5.69 Å². The first kappa shape index (κ1) is 24.6. The van der Waals surface area contributed by atoms with E-state index in [1.54, 1.807) is 39.8 Å². The van der Waals surface area contributed by atoms with E-state index >= 15 is 0 Å².